The summed E-state index contributed by atoms with van der Waals surface area (Å²) in [5, 5.41) is 1.000. The second kappa shape index (κ2) is 16.0. The van der Waals surface area contributed by atoms with Gasteiger partial charge in [-0.15, -0.1) is 12.4 Å². The zero-order valence-electron chi connectivity index (χ0n) is 31.6. The van der Waals surface area contributed by atoms with Crippen LogP contribution in [0.3, 0.4) is 0 Å². The highest BCUT2D eigenvalue weighted by molar-refractivity contribution is 5.85. The molecule has 2 aromatic carbocycles. The summed E-state index contributed by atoms with van der Waals surface area (Å²) in [5.41, 5.74) is 3.63. The number of rotatable bonds is 0. The Kier molecular flexibility index (Phi) is 10.8. The second-order valence-corrected chi connectivity index (χ2v) is 15.1. The average Bonchev–Trinajstić information content (AvgIpc) is 3.53. The van der Waals surface area contributed by atoms with Gasteiger partial charge in [0.2, 0.25) is 0 Å². The van der Waals surface area contributed by atoms with Crippen molar-refractivity contribution in [2.24, 2.45) is 0 Å². The van der Waals surface area contributed by atoms with E-state index in [1.54, 1.807) is 67.7 Å². The van der Waals surface area contributed by atoms with Gasteiger partial charge in [-0.25, -0.2) is 37.5 Å². The predicted molar refractivity (Wildman–Crippen MR) is 217 cm³/mol. The van der Waals surface area contributed by atoms with Crippen LogP contribution in [-0.4, -0.2) is 89.0 Å². The number of aromatic nitrogens is 6. The van der Waals surface area contributed by atoms with Gasteiger partial charge in [-0.3, -0.25) is 28.5 Å². The van der Waals surface area contributed by atoms with Crippen molar-refractivity contribution in [3.8, 4) is 23.7 Å². The van der Waals surface area contributed by atoms with Crippen LogP contribution < -0.4 is 11.1 Å². The minimum Gasteiger partial charge on any atom is -0.295 e. The molecule has 6 aromatic rings. The normalized spacial score (nSPS) is 20.1. The lowest BCUT2D eigenvalue weighted by Crippen LogP contribution is -2.34. The molecule has 4 aliphatic heterocycles. The lowest BCUT2D eigenvalue weighted by atomic mass is 10.1. The van der Waals surface area contributed by atoms with Gasteiger partial charge in [0, 0.05) is 87.5 Å². The monoisotopic (exact) mass is 820 g/mol. The minimum absolute atomic E-state index is 0. The number of pyridine rings is 2. The summed E-state index contributed by atoms with van der Waals surface area (Å²) in [7, 11) is 0. The third-order valence-electron chi connectivity index (χ3n) is 11.1. The van der Waals surface area contributed by atoms with Crippen molar-refractivity contribution in [3.05, 3.63) is 140 Å². The molecule has 8 heterocycles. The van der Waals surface area contributed by atoms with Crippen molar-refractivity contribution >= 4 is 34.2 Å². The summed E-state index contributed by atoms with van der Waals surface area (Å²) < 4.78 is 58.4. The Morgan fingerprint density at radius 2 is 1.15 bits per heavy atom. The summed E-state index contributed by atoms with van der Waals surface area (Å²) in [6.45, 7) is 1.07. The number of hydrogen-bond donors (Lipinski definition) is 0. The van der Waals surface area contributed by atoms with E-state index in [4.69, 9.17) is 0 Å². The highest BCUT2D eigenvalue weighted by Gasteiger charge is 2.47. The lowest BCUT2D eigenvalue weighted by Gasteiger charge is -2.19. The van der Waals surface area contributed by atoms with Gasteiger partial charge in [0.25, 0.3) is 23.0 Å². The van der Waals surface area contributed by atoms with E-state index in [0.717, 1.165) is 11.1 Å². The standard InChI is InChI=1S/2C22H18F2N4O.ClH/c23-22(24)12-17-13-28-20(8-10-27(17)14-22)26-19-11-15(5-7-18(19)21(28)29)4-6-16-3-1-2-9-25-16;23-22(24)13-17-12-20-26-19-11-15(4-6-16-3-1-2-8-25-16)5-7-18(19)21(29)28(20)10-9-27(17)14-22;/h1-3,5,7,9,11,17H,8,10,12-14H2;1-3,5,7-8,11,17H,9-10,12-14H2;1H. The molecule has 0 amide bonds. The van der Waals surface area contributed by atoms with Gasteiger partial charge in [0.05, 0.1) is 34.9 Å². The highest BCUT2D eigenvalue weighted by atomic mass is 35.5. The summed E-state index contributed by atoms with van der Waals surface area (Å²) in [6.07, 6.45) is 3.79. The molecule has 2 unspecified atom stereocenters. The molecular weight excluding hydrogens is 784 g/mol. The van der Waals surface area contributed by atoms with Crippen LogP contribution in [-0.2, 0) is 25.9 Å². The van der Waals surface area contributed by atoms with Crippen LogP contribution in [0.2, 0.25) is 0 Å². The topological polar surface area (TPSA) is 102 Å². The molecule has 10 nitrogen and oxygen atoms in total. The molecule has 0 saturated carbocycles. The van der Waals surface area contributed by atoms with Crippen molar-refractivity contribution in [1.29, 1.82) is 0 Å². The Labute approximate surface area is 342 Å². The van der Waals surface area contributed by atoms with E-state index in [2.05, 4.69) is 43.6 Å². The van der Waals surface area contributed by atoms with Crippen LogP contribution in [0.4, 0.5) is 17.6 Å². The predicted octanol–water partition coefficient (Wildman–Crippen LogP) is 5.34. The highest BCUT2D eigenvalue weighted by Crippen LogP contribution is 2.35. The van der Waals surface area contributed by atoms with Crippen molar-refractivity contribution in [1.82, 2.24) is 38.9 Å². The first kappa shape index (κ1) is 39.9. The Morgan fingerprint density at radius 3 is 1.73 bits per heavy atom. The summed E-state index contributed by atoms with van der Waals surface area (Å²) in [4.78, 5) is 47.3. The molecule has 15 heteroatoms. The molecule has 0 bridgehead atoms. The van der Waals surface area contributed by atoms with Crippen molar-refractivity contribution in [3.63, 3.8) is 0 Å². The molecule has 0 radical (unpaired) electrons. The minimum atomic E-state index is -2.68. The molecular formula is C44H37ClF4N8O2. The summed E-state index contributed by atoms with van der Waals surface area (Å²) in [5.74, 6) is 7.95. The molecule has 300 valence electrons. The molecule has 59 heavy (non-hydrogen) atoms. The Hall–Kier alpha value is -5.93. The first-order chi connectivity index (χ1) is 28.0. The van der Waals surface area contributed by atoms with Gasteiger partial charge < -0.3 is 0 Å². The van der Waals surface area contributed by atoms with E-state index in [0.29, 0.717) is 77.3 Å². The first-order valence-corrected chi connectivity index (χ1v) is 19.1. The number of fused-ring (bicyclic) bond motifs is 6. The van der Waals surface area contributed by atoms with Gasteiger partial charge in [-0.05, 0) is 72.5 Å². The van der Waals surface area contributed by atoms with E-state index in [1.807, 2.05) is 36.4 Å². The Balaban J connectivity index is 0.000000161. The van der Waals surface area contributed by atoms with Crippen molar-refractivity contribution in [2.75, 3.05) is 26.2 Å². The molecule has 4 aromatic heterocycles. The smallest absolute Gasteiger partial charge is 0.262 e. The summed E-state index contributed by atoms with van der Waals surface area (Å²) >= 11 is 0. The number of hydrogen-bond acceptors (Lipinski definition) is 8. The van der Waals surface area contributed by atoms with Gasteiger partial charge in [-0.1, -0.05) is 24.0 Å². The number of halogens is 5. The summed E-state index contributed by atoms with van der Waals surface area (Å²) in [6, 6.07) is 21.0. The number of alkyl halides is 4. The van der Waals surface area contributed by atoms with Gasteiger partial charge in [-0.2, -0.15) is 0 Å². The molecule has 0 N–H and O–H groups in total. The van der Waals surface area contributed by atoms with Crippen LogP contribution in [0.1, 0.15) is 47.0 Å². The third-order valence-corrected chi connectivity index (χ3v) is 11.1. The molecule has 2 saturated heterocycles. The van der Waals surface area contributed by atoms with Crippen LogP contribution in [0.25, 0.3) is 21.8 Å². The van der Waals surface area contributed by atoms with Crippen LogP contribution >= 0.6 is 12.4 Å². The van der Waals surface area contributed by atoms with Gasteiger partial charge >= 0.3 is 0 Å². The molecule has 4 aliphatic rings. The zero-order chi connectivity index (χ0) is 40.0. The largest absolute Gasteiger partial charge is 0.295 e. The maximum Gasteiger partial charge on any atom is 0.262 e. The number of nitrogens with zero attached hydrogens (tertiary/aromatic N) is 8. The molecule has 2 atom stereocenters. The number of benzene rings is 2. The van der Waals surface area contributed by atoms with Gasteiger partial charge in [0.1, 0.15) is 23.0 Å². The molecule has 2 fully saturated rings. The fourth-order valence-corrected chi connectivity index (χ4v) is 8.33. The van der Waals surface area contributed by atoms with E-state index in [-0.39, 0.29) is 68.1 Å². The lowest BCUT2D eigenvalue weighted by molar-refractivity contribution is 0.0110. The second-order valence-electron chi connectivity index (χ2n) is 15.1. The molecule has 10 rings (SSSR count). The SMILES string of the molecule is Cl.O=c1c2ccc(C#Cc3ccccn3)cc2nc2n1CC1CC(F)(F)CN1CC2.O=c1c2ccc(C#Cc3ccccn3)cc2nc2n1CCN1CC(F)(F)CC1C2. The maximum absolute atomic E-state index is 13.8. The maximum atomic E-state index is 13.8. The fraction of sp³-hybridized carbons (Fsp3) is 0.318. The van der Waals surface area contributed by atoms with Crippen molar-refractivity contribution in [2.45, 2.75) is 62.7 Å². The van der Waals surface area contributed by atoms with Crippen LogP contribution in [0.5, 0.6) is 0 Å². The third kappa shape index (κ3) is 8.48. The molecule has 0 aliphatic carbocycles. The van der Waals surface area contributed by atoms with Crippen molar-refractivity contribution < 1.29 is 17.6 Å². The van der Waals surface area contributed by atoms with E-state index in [9.17, 15) is 27.2 Å². The van der Waals surface area contributed by atoms with E-state index in [1.165, 1.54) is 0 Å². The zero-order valence-corrected chi connectivity index (χ0v) is 32.4. The average molecular weight is 821 g/mol. The Morgan fingerprint density at radius 1 is 0.610 bits per heavy atom. The Bertz CT molecular complexity index is 2810. The van der Waals surface area contributed by atoms with Crippen LogP contribution in [0.15, 0.2) is 94.8 Å². The van der Waals surface area contributed by atoms with Gasteiger partial charge in [0.15, 0.2) is 0 Å². The quantitative estimate of drug-likeness (QED) is 0.150. The van der Waals surface area contributed by atoms with Crippen LogP contribution in [0, 0.1) is 23.7 Å². The molecule has 0 spiro atoms. The fourth-order valence-electron chi connectivity index (χ4n) is 8.33. The first-order valence-electron chi connectivity index (χ1n) is 19.1. The van der Waals surface area contributed by atoms with E-state index >= 15 is 0 Å². The van der Waals surface area contributed by atoms with E-state index < -0.39 is 11.8 Å².